The molecule has 1 saturated carbocycles. The van der Waals surface area contributed by atoms with Crippen LogP contribution in [0.3, 0.4) is 0 Å². The van der Waals surface area contributed by atoms with Crippen molar-refractivity contribution in [1.29, 1.82) is 0 Å². The Morgan fingerprint density at radius 3 is 2.23 bits per heavy atom. The maximum absolute atomic E-state index is 13.0. The molecule has 1 aromatic rings. The first-order valence-corrected chi connectivity index (χ1v) is 10.4. The van der Waals surface area contributed by atoms with Gasteiger partial charge in [0.15, 0.2) is 11.5 Å². The molecule has 2 amide bonds. The molecular weight excluding hydrogens is 388 g/mol. The molecule has 8 heteroatoms. The second kappa shape index (κ2) is 10.0. The number of rotatable bonds is 10. The minimum Gasteiger partial charge on any atom is -0.493 e. The van der Waals surface area contributed by atoms with Gasteiger partial charge in [0, 0.05) is 45.2 Å². The van der Waals surface area contributed by atoms with Crippen molar-refractivity contribution in [3.63, 3.8) is 0 Å². The molecule has 2 aliphatic rings. The van der Waals surface area contributed by atoms with Gasteiger partial charge in [-0.3, -0.25) is 9.59 Å². The van der Waals surface area contributed by atoms with E-state index in [4.69, 9.17) is 18.9 Å². The van der Waals surface area contributed by atoms with Crippen molar-refractivity contribution in [1.82, 2.24) is 10.2 Å². The quantitative estimate of drug-likeness (QED) is 0.581. The van der Waals surface area contributed by atoms with Crippen molar-refractivity contribution in [2.45, 2.75) is 25.2 Å². The normalized spacial score (nSPS) is 20.7. The van der Waals surface area contributed by atoms with Crippen LogP contribution in [0.5, 0.6) is 17.2 Å². The summed E-state index contributed by atoms with van der Waals surface area (Å²) < 4.78 is 21.4. The van der Waals surface area contributed by atoms with Crippen molar-refractivity contribution in [3.8, 4) is 17.2 Å². The number of carbonyl (C=O) groups excluding carboxylic acids is 2. The van der Waals surface area contributed by atoms with Crippen LogP contribution in [0.1, 0.15) is 30.7 Å². The van der Waals surface area contributed by atoms with E-state index in [1.54, 1.807) is 28.4 Å². The monoisotopic (exact) mass is 420 g/mol. The van der Waals surface area contributed by atoms with Gasteiger partial charge in [0.2, 0.25) is 17.6 Å². The zero-order valence-electron chi connectivity index (χ0n) is 18.2. The predicted octanol–water partition coefficient (Wildman–Crippen LogP) is 1.82. The van der Waals surface area contributed by atoms with Crippen molar-refractivity contribution < 1.29 is 28.5 Å². The highest BCUT2D eigenvalue weighted by Gasteiger charge is 2.44. The first-order chi connectivity index (χ1) is 14.5. The fraction of sp³-hybridized carbons (Fsp3) is 0.636. The summed E-state index contributed by atoms with van der Waals surface area (Å²) in [5, 5.41) is 3.00. The summed E-state index contributed by atoms with van der Waals surface area (Å²) in [7, 11) is 6.33. The fourth-order valence-electron chi connectivity index (χ4n) is 4.05. The van der Waals surface area contributed by atoms with Crippen molar-refractivity contribution in [2.24, 2.45) is 11.8 Å². The number of hydrogen-bond donors (Lipinski definition) is 1. The van der Waals surface area contributed by atoms with E-state index < -0.39 is 0 Å². The number of nitrogens with zero attached hydrogens (tertiary/aromatic N) is 1. The van der Waals surface area contributed by atoms with Crippen LogP contribution in [0.15, 0.2) is 12.1 Å². The highest BCUT2D eigenvalue weighted by atomic mass is 16.5. The lowest BCUT2D eigenvalue weighted by Gasteiger charge is -2.21. The lowest BCUT2D eigenvalue weighted by Crippen LogP contribution is -2.36. The smallest absolute Gasteiger partial charge is 0.225 e. The lowest BCUT2D eigenvalue weighted by molar-refractivity contribution is -0.132. The minimum atomic E-state index is -0.335. The molecule has 3 rings (SSSR count). The molecule has 0 bridgehead atoms. The van der Waals surface area contributed by atoms with Crippen LogP contribution in [0.2, 0.25) is 0 Å². The Morgan fingerprint density at radius 2 is 1.70 bits per heavy atom. The first kappa shape index (κ1) is 22.2. The summed E-state index contributed by atoms with van der Waals surface area (Å²) in [6, 6.07) is 3.75. The van der Waals surface area contributed by atoms with Gasteiger partial charge in [-0.15, -0.1) is 0 Å². The maximum atomic E-state index is 13.0. The Morgan fingerprint density at radius 1 is 1.03 bits per heavy atom. The first-order valence-electron chi connectivity index (χ1n) is 10.4. The number of likely N-dealkylation sites (tertiary alicyclic amines) is 1. The van der Waals surface area contributed by atoms with Gasteiger partial charge in [-0.25, -0.2) is 0 Å². The summed E-state index contributed by atoms with van der Waals surface area (Å²) in [6.45, 7) is 2.06. The Kier molecular flexibility index (Phi) is 7.42. The van der Waals surface area contributed by atoms with Gasteiger partial charge in [-0.2, -0.15) is 0 Å². The summed E-state index contributed by atoms with van der Waals surface area (Å²) in [6.07, 6.45) is 2.63. The second-order valence-corrected chi connectivity index (χ2v) is 7.83. The summed E-state index contributed by atoms with van der Waals surface area (Å²) in [4.78, 5) is 27.5. The largest absolute Gasteiger partial charge is 0.493 e. The van der Waals surface area contributed by atoms with E-state index in [1.807, 2.05) is 17.0 Å². The molecule has 1 aromatic carbocycles. The summed E-state index contributed by atoms with van der Waals surface area (Å²) >= 11 is 0. The average molecular weight is 421 g/mol. The molecular formula is C22H32N2O6. The molecule has 1 saturated heterocycles. The SMILES string of the molecule is COCCCNC(=O)[C@@H]1CN(C(=O)C2CC2)C[C@@H]1c1cc(OC)c(OC)c(OC)c1. The van der Waals surface area contributed by atoms with Gasteiger partial charge in [0.1, 0.15) is 0 Å². The molecule has 0 spiro atoms. The number of methoxy groups -OCH3 is 4. The van der Waals surface area contributed by atoms with Crippen molar-refractivity contribution in [2.75, 3.05) is 54.7 Å². The van der Waals surface area contributed by atoms with Gasteiger partial charge < -0.3 is 29.2 Å². The predicted molar refractivity (Wildman–Crippen MR) is 111 cm³/mol. The van der Waals surface area contributed by atoms with Crippen molar-refractivity contribution in [3.05, 3.63) is 17.7 Å². The van der Waals surface area contributed by atoms with Crippen LogP contribution in [0, 0.1) is 11.8 Å². The van der Waals surface area contributed by atoms with E-state index >= 15 is 0 Å². The third kappa shape index (κ3) is 4.80. The van der Waals surface area contributed by atoms with Crippen LogP contribution in [0.25, 0.3) is 0 Å². The minimum absolute atomic E-state index is 0.0454. The van der Waals surface area contributed by atoms with Crippen molar-refractivity contribution >= 4 is 11.8 Å². The molecule has 0 radical (unpaired) electrons. The van der Waals surface area contributed by atoms with E-state index in [1.165, 1.54) is 0 Å². The molecule has 8 nitrogen and oxygen atoms in total. The Hall–Kier alpha value is -2.48. The van der Waals surface area contributed by atoms with Gasteiger partial charge >= 0.3 is 0 Å². The summed E-state index contributed by atoms with van der Waals surface area (Å²) in [5.74, 6) is 1.33. The molecule has 0 unspecified atom stereocenters. The number of nitrogens with one attached hydrogen (secondary N) is 1. The molecule has 30 heavy (non-hydrogen) atoms. The molecule has 1 aliphatic carbocycles. The van der Waals surface area contributed by atoms with Gasteiger partial charge in [-0.1, -0.05) is 0 Å². The van der Waals surface area contributed by atoms with Gasteiger partial charge in [0.25, 0.3) is 0 Å². The highest BCUT2D eigenvalue weighted by Crippen LogP contribution is 2.44. The zero-order chi connectivity index (χ0) is 21.7. The Balaban J connectivity index is 1.86. The molecule has 2 fully saturated rings. The number of benzene rings is 1. The van der Waals surface area contributed by atoms with Gasteiger partial charge in [-0.05, 0) is 37.0 Å². The number of amides is 2. The number of hydrogen-bond acceptors (Lipinski definition) is 6. The average Bonchev–Trinajstić information content (AvgIpc) is 3.52. The Labute approximate surface area is 177 Å². The number of carbonyl (C=O) groups is 2. The molecule has 1 aliphatic heterocycles. The van der Waals surface area contributed by atoms with Crippen LogP contribution in [-0.2, 0) is 14.3 Å². The maximum Gasteiger partial charge on any atom is 0.225 e. The molecule has 2 atom stereocenters. The van der Waals surface area contributed by atoms with Crippen LogP contribution < -0.4 is 19.5 Å². The topological polar surface area (TPSA) is 86.3 Å². The van der Waals surface area contributed by atoms with Crippen LogP contribution in [0.4, 0.5) is 0 Å². The second-order valence-electron chi connectivity index (χ2n) is 7.83. The Bertz CT molecular complexity index is 739. The highest BCUT2D eigenvalue weighted by molar-refractivity contribution is 5.85. The molecule has 0 aromatic heterocycles. The van der Waals surface area contributed by atoms with Crippen LogP contribution in [-0.4, -0.2) is 71.4 Å². The van der Waals surface area contributed by atoms with Crippen LogP contribution >= 0.6 is 0 Å². The molecule has 166 valence electrons. The fourth-order valence-corrected chi connectivity index (χ4v) is 4.05. The van der Waals surface area contributed by atoms with Gasteiger partial charge in [0.05, 0.1) is 27.2 Å². The standard InChI is InChI=1S/C22H32N2O6/c1-27-9-5-8-23-21(25)17-13-24(22(26)14-6-7-14)12-16(17)15-10-18(28-2)20(30-4)19(11-15)29-3/h10-11,14,16-17H,5-9,12-13H2,1-4H3,(H,23,25)/t16-,17-/m1/s1. The van der Waals surface area contributed by atoms with E-state index in [-0.39, 0.29) is 29.6 Å². The number of ether oxygens (including phenoxy) is 4. The van der Waals surface area contributed by atoms with E-state index in [0.29, 0.717) is 43.5 Å². The lowest BCUT2D eigenvalue weighted by atomic mass is 9.88. The van der Waals surface area contributed by atoms with E-state index in [2.05, 4.69) is 5.32 Å². The third-order valence-corrected chi connectivity index (χ3v) is 5.83. The zero-order valence-corrected chi connectivity index (χ0v) is 18.2. The van der Waals surface area contributed by atoms with E-state index in [9.17, 15) is 9.59 Å². The summed E-state index contributed by atoms with van der Waals surface area (Å²) in [5.41, 5.74) is 0.896. The van der Waals surface area contributed by atoms with E-state index in [0.717, 1.165) is 24.8 Å². The molecule has 1 heterocycles. The third-order valence-electron chi connectivity index (χ3n) is 5.83. The molecule has 1 N–H and O–H groups in total.